The number of carbonyl (C=O) groups is 1. The van der Waals surface area contributed by atoms with Gasteiger partial charge in [-0.3, -0.25) is 0 Å². The number of thioether (sulfide) groups is 1. The minimum absolute atomic E-state index is 0.0140. The van der Waals surface area contributed by atoms with Crippen molar-refractivity contribution in [3.05, 3.63) is 23.2 Å². The fraction of sp³-hybridized carbons (Fsp3) is 0.562. The zero-order valence-corrected chi connectivity index (χ0v) is 14.6. The molecule has 2 N–H and O–H groups in total. The maximum absolute atomic E-state index is 12.3. The number of rotatable bonds is 3. The van der Waals surface area contributed by atoms with E-state index in [-0.39, 0.29) is 18.7 Å². The zero-order valence-electron chi connectivity index (χ0n) is 13.0. The predicted octanol–water partition coefficient (Wildman–Crippen LogP) is 2.88. The van der Waals surface area contributed by atoms with Gasteiger partial charge in [0, 0.05) is 36.8 Å². The van der Waals surface area contributed by atoms with Crippen LogP contribution in [0.3, 0.4) is 0 Å². The van der Waals surface area contributed by atoms with Crippen LogP contribution in [0.1, 0.15) is 12.8 Å². The van der Waals surface area contributed by atoms with E-state index in [1.807, 2.05) is 23.9 Å². The summed E-state index contributed by atoms with van der Waals surface area (Å²) in [4.78, 5) is 16.3. The Hall–Kier alpha value is -1.11. The number of aliphatic hydroxyl groups excluding tert-OH is 1. The maximum atomic E-state index is 12.3. The van der Waals surface area contributed by atoms with Gasteiger partial charge in [-0.15, -0.1) is 0 Å². The number of urea groups is 1. The molecule has 0 radical (unpaired) electrons. The van der Waals surface area contributed by atoms with E-state index in [2.05, 4.69) is 10.2 Å². The number of halogens is 1. The second kappa shape index (κ2) is 7.64. The molecule has 23 heavy (non-hydrogen) atoms. The van der Waals surface area contributed by atoms with Crippen molar-refractivity contribution in [2.75, 3.05) is 48.0 Å². The summed E-state index contributed by atoms with van der Waals surface area (Å²) in [6, 6.07) is 5.43. The lowest BCUT2D eigenvalue weighted by Crippen LogP contribution is -2.40. The van der Waals surface area contributed by atoms with Gasteiger partial charge in [-0.2, -0.15) is 11.8 Å². The molecule has 0 saturated carbocycles. The van der Waals surface area contributed by atoms with E-state index >= 15 is 0 Å². The lowest BCUT2D eigenvalue weighted by molar-refractivity contribution is 0.166. The maximum Gasteiger partial charge on any atom is 0.322 e. The molecule has 1 aromatic carbocycles. The predicted molar refractivity (Wildman–Crippen MR) is 96.8 cm³/mol. The Morgan fingerprint density at radius 2 is 2.13 bits per heavy atom. The molecule has 0 unspecified atom stereocenters. The van der Waals surface area contributed by atoms with Crippen LogP contribution in [0.15, 0.2) is 18.2 Å². The van der Waals surface area contributed by atoms with Crippen molar-refractivity contribution in [3.63, 3.8) is 0 Å². The minimum Gasteiger partial charge on any atom is -0.394 e. The van der Waals surface area contributed by atoms with Gasteiger partial charge in [0.25, 0.3) is 0 Å². The van der Waals surface area contributed by atoms with Crippen LogP contribution in [-0.4, -0.2) is 59.8 Å². The second-order valence-electron chi connectivity index (χ2n) is 5.87. The van der Waals surface area contributed by atoms with Crippen LogP contribution < -0.4 is 10.2 Å². The molecule has 0 aromatic heterocycles. The molecule has 2 amide bonds. The molecule has 2 aliphatic heterocycles. The number of amides is 2. The molecule has 1 aromatic rings. The Morgan fingerprint density at radius 1 is 1.35 bits per heavy atom. The molecule has 2 fully saturated rings. The van der Waals surface area contributed by atoms with Crippen molar-refractivity contribution in [2.45, 2.75) is 18.9 Å². The highest BCUT2D eigenvalue weighted by Gasteiger charge is 2.28. The first kappa shape index (κ1) is 16.7. The summed E-state index contributed by atoms with van der Waals surface area (Å²) >= 11 is 8.37. The van der Waals surface area contributed by atoms with Crippen LogP contribution in [0, 0.1) is 0 Å². The van der Waals surface area contributed by atoms with Crippen LogP contribution in [0.4, 0.5) is 16.2 Å². The van der Waals surface area contributed by atoms with Gasteiger partial charge in [0.2, 0.25) is 0 Å². The Kier molecular flexibility index (Phi) is 5.56. The highest BCUT2D eigenvalue weighted by molar-refractivity contribution is 7.99. The number of likely N-dealkylation sites (tertiary alicyclic amines) is 1. The summed E-state index contributed by atoms with van der Waals surface area (Å²) in [5.74, 6) is 2.23. The van der Waals surface area contributed by atoms with Crippen LogP contribution in [0.25, 0.3) is 0 Å². The summed E-state index contributed by atoms with van der Waals surface area (Å²) in [6.45, 7) is 2.71. The number of hydrogen-bond donors (Lipinski definition) is 2. The van der Waals surface area contributed by atoms with Crippen molar-refractivity contribution in [1.29, 1.82) is 0 Å². The van der Waals surface area contributed by atoms with Crippen LogP contribution in [0.5, 0.6) is 0 Å². The van der Waals surface area contributed by atoms with E-state index in [9.17, 15) is 9.90 Å². The third kappa shape index (κ3) is 3.87. The van der Waals surface area contributed by atoms with Gasteiger partial charge >= 0.3 is 6.03 Å². The molecule has 7 heteroatoms. The van der Waals surface area contributed by atoms with Gasteiger partial charge in [0.15, 0.2) is 0 Å². The lowest BCUT2D eigenvalue weighted by atomic mass is 10.2. The van der Waals surface area contributed by atoms with Crippen molar-refractivity contribution in [1.82, 2.24) is 4.90 Å². The number of benzene rings is 1. The van der Waals surface area contributed by atoms with Crippen LogP contribution in [0.2, 0.25) is 5.02 Å². The van der Waals surface area contributed by atoms with Gasteiger partial charge in [0.1, 0.15) is 0 Å². The number of anilines is 2. The molecule has 126 valence electrons. The normalized spacial score (nSPS) is 21.6. The van der Waals surface area contributed by atoms with E-state index in [1.165, 1.54) is 0 Å². The Morgan fingerprint density at radius 3 is 2.83 bits per heavy atom. The summed E-state index contributed by atoms with van der Waals surface area (Å²) in [5.41, 5.74) is 1.72. The van der Waals surface area contributed by atoms with Crippen LogP contribution in [-0.2, 0) is 0 Å². The minimum atomic E-state index is -0.167. The monoisotopic (exact) mass is 355 g/mol. The first-order valence-electron chi connectivity index (χ1n) is 8.00. The van der Waals surface area contributed by atoms with Crippen molar-refractivity contribution >= 4 is 40.8 Å². The van der Waals surface area contributed by atoms with E-state index < -0.39 is 0 Å². The van der Waals surface area contributed by atoms with E-state index in [0.29, 0.717) is 17.3 Å². The number of aliphatic hydroxyl groups is 1. The van der Waals surface area contributed by atoms with Crippen molar-refractivity contribution in [2.24, 2.45) is 0 Å². The Bertz CT molecular complexity index is 566. The van der Waals surface area contributed by atoms with Gasteiger partial charge in [-0.25, -0.2) is 4.79 Å². The summed E-state index contributed by atoms with van der Waals surface area (Å²) in [7, 11) is 0. The lowest BCUT2D eigenvalue weighted by Gasteiger charge is -2.29. The molecule has 2 heterocycles. The molecule has 0 aliphatic carbocycles. The first-order chi connectivity index (χ1) is 11.2. The third-order valence-electron chi connectivity index (χ3n) is 4.40. The van der Waals surface area contributed by atoms with Gasteiger partial charge < -0.3 is 20.2 Å². The molecule has 5 nitrogen and oxygen atoms in total. The smallest absolute Gasteiger partial charge is 0.322 e. The average molecular weight is 356 g/mol. The summed E-state index contributed by atoms with van der Waals surface area (Å²) in [5, 5.41) is 12.9. The van der Waals surface area contributed by atoms with Gasteiger partial charge in [0.05, 0.1) is 23.4 Å². The van der Waals surface area contributed by atoms with E-state index in [1.54, 1.807) is 11.0 Å². The second-order valence-corrected chi connectivity index (χ2v) is 7.50. The molecular weight excluding hydrogens is 334 g/mol. The van der Waals surface area contributed by atoms with Crippen LogP contribution >= 0.6 is 23.4 Å². The average Bonchev–Trinajstić information content (AvgIpc) is 3.04. The Labute approximate surface area is 146 Å². The van der Waals surface area contributed by atoms with Gasteiger partial charge in [-0.05, 0) is 31.0 Å². The highest BCUT2D eigenvalue weighted by atomic mass is 35.5. The molecule has 2 saturated heterocycles. The van der Waals surface area contributed by atoms with Gasteiger partial charge in [-0.1, -0.05) is 11.6 Å². The molecule has 3 rings (SSSR count). The molecule has 0 bridgehead atoms. The summed E-state index contributed by atoms with van der Waals surface area (Å²) in [6.07, 6.45) is 1.79. The van der Waals surface area contributed by atoms with E-state index in [4.69, 9.17) is 11.6 Å². The molecular formula is C16H22ClN3O2S. The third-order valence-corrected chi connectivity index (χ3v) is 5.64. The first-order valence-corrected chi connectivity index (χ1v) is 9.53. The zero-order chi connectivity index (χ0) is 16.2. The Balaban J connectivity index is 1.66. The highest BCUT2D eigenvalue weighted by Crippen LogP contribution is 2.31. The fourth-order valence-electron chi connectivity index (χ4n) is 3.13. The quantitative estimate of drug-likeness (QED) is 0.875. The largest absolute Gasteiger partial charge is 0.394 e. The molecule has 1 atom stereocenters. The van der Waals surface area contributed by atoms with Crippen molar-refractivity contribution in [3.8, 4) is 0 Å². The number of nitrogens with one attached hydrogen (secondary N) is 1. The van der Waals surface area contributed by atoms with E-state index in [0.717, 1.165) is 43.1 Å². The molecule has 0 spiro atoms. The number of nitrogens with zero attached hydrogens (tertiary/aromatic N) is 2. The fourth-order valence-corrected chi connectivity index (χ4v) is 4.34. The molecule has 2 aliphatic rings. The summed E-state index contributed by atoms with van der Waals surface area (Å²) < 4.78 is 0. The van der Waals surface area contributed by atoms with Crippen molar-refractivity contribution < 1.29 is 9.90 Å². The number of carbonyl (C=O) groups excluding carboxylic acids is 1. The SMILES string of the molecule is O=C(Nc1ccc(N2CCSCC2)c(Cl)c1)N1CCC[C@H]1CO. The topological polar surface area (TPSA) is 55.8 Å². The standard InChI is InChI=1S/C16H22ClN3O2S/c17-14-10-12(3-4-15(14)19-6-8-23-9-7-19)18-16(22)20-5-1-2-13(20)11-21/h3-4,10,13,21H,1-2,5-9,11H2,(H,18,22)/t13-/m0/s1. The number of hydrogen-bond acceptors (Lipinski definition) is 4.